The Bertz CT molecular complexity index is 1560. The number of anilines is 1. The zero-order valence-electron chi connectivity index (χ0n) is 26.6. The molecule has 1 aromatic heterocycles. The lowest BCUT2D eigenvalue weighted by Crippen LogP contribution is -2.56. The Morgan fingerprint density at radius 2 is 1.91 bits per heavy atom. The number of hydrogen-bond acceptors (Lipinski definition) is 7. The van der Waals surface area contributed by atoms with E-state index in [0.717, 1.165) is 43.8 Å². The van der Waals surface area contributed by atoms with Crippen LogP contribution in [0.25, 0.3) is 0 Å². The smallest absolute Gasteiger partial charge is 0.331 e. The molecule has 7 nitrogen and oxygen atoms in total. The SMILES string of the molecule is COC(=O)C1(Nc2cccc(Cl)c2)CCC2(CC1)c1cc(OC)c(Cl)cc1CN2C[C@@H](C)COc1ccnc2c1[C@H](C)CCC2. The van der Waals surface area contributed by atoms with E-state index >= 15 is 0 Å². The Balaban J connectivity index is 1.25. The van der Waals surface area contributed by atoms with Crippen molar-refractivity contribution in [2.75, 3.05) is 32.7 Å². The lowest BCUT2D eigenvalue weighted by Gasteiger charge is -2.49. The lowest BCUT2D eigenvalue weighted by molar-refractivity contribution is -0.148. The number of esters is 1. The number of nitrogens with zero attached hydrogens (tertiary/aromatic N) is 2. The van der Waals surface area contributed by atoms with E-state index in [-0.39, 0.29) is 17.4 Å². The van der Waals surface area contributed by atoms with Crippen LogP contribution in [0.4, 0.5) is 5.69 Å². The third kappa shape index (κ3) is 6.11. The number of fused-ring (bicyclic) bond motifs is 3. The van der Waals surface area contributed by atoms with Gasteiger partial charge in [0, 0.05) is 52.7 Å². The molecule has 3 aliphatic rings. The van der Waals surface area contributed by atoms with Gasteiger partial charge in [-0.3, -0.25) is 9.88 Å². The van der Waals surface area contributed by atoms with Gasteiger partial charge in [0.2, 0.25) is 0 Å². The molecule has 1 N–H and O–H groups in total. The minimum atomic E-state index is -0.860. The largest absolute Gasteiger partial charge is 0.495 e. The first-order valence-electron chi connectivity index (χ1n) is 16.0. The number of nitrogens with one attached hydrogen (secondary N) is 1. The highest BCUT2D eigenvalue weighted by molar-refractivity contribution is 6.32. The zero-order chi connectivity index (χ0) is 31.8. The van der Waals surface area contributed by atoms with Crippen LogP contribution in [0.5, 0.6) is 11.5 Å². The Labute approximate surface area is 276 Å². The van der Waals surface area contributed by atoms with Gasteiger partial charge in [-0.15, -0.1) is 0 Å². The van der Waals surface area contributed by atoms with Gasteiger partial charge in [-0.05, 0) is 98.4 Å². The number of halogens is 2. The van der Waals surface area contributed by atoms with Crippen molar-refractivity contribution in [1.29, 1.82) is 0 Å². The Morgan fingerprint density at radius 1 is 1.11 bits per heavy atom. The summed E-state index contributed by atoms with van der Waals surface area (Å²) in [7, 11) is 3.11. The van der Waals surface area contributed by atoms with Crippen molar-refractivity contribution in [3.05, 3.63) is 81.1 Å². The molecular weight excluding hydrogens is 609 g/mol. The maximum Gasteiger partial charge on any atom is 0.331 e. The molecule has 9 heteroatoms. The van der Waals surface area contributed by atoms with E-state index < -0.39 is 5.54 Å². The van der Waals surface area contributed by atoms with Crippen molar-refractivity contribution in [1.82, 2.24) is 9.88 Å². The molecule has 45 heavy (non-hydrogen) atoms. The van der Waals surface area contributed by atoms with Crippen molar-refractivity contribution < 1.29 is 19.0 Å². The molecule has 1 saturated carbocycles. The van der Waals surface area contributed by atoms with Gasteiger partial charge in [0.05, 0.1) is 25.8 Å². The standard InChI is InChI=1S/C36H43Cl2N3O4/c1-23(22-45-31-11-16-39-30-10-5-7-24(2)33(30)31)20-41-21-25-17-29(38)32(43-3)19-28(25)36(41)14-12-35(13-15-36,34(42)44-4)40-27-9-6-8-26(37)18-27/h6,8-9,11,16-19,23-24,40H,5,7,10,12-15,20-22H2,1-4H3/t23-,24-,35?,36?/m1/s1. The molecule has 0 bridgehead atoms. The number of rotatable bonds is 9. The summed E-state index contributed by atoms with van der Waals surface area (Å²) < 4.78 is 17.6. The molecule has 2 aromatic carbocycles. The van der Waals surface area contributed by atoms with Crippen molar-refractivity contribution in [3.8, 4) is 11.5 Å². The summed E-state index contributed by atoms with van der Waals surface area (Å²) in [6, 6.07) is 13.7. The normalized spacial score (nSPS) is 24.9. The van der Waals surface area contributed by atoms with Gasteiger partial charge in [0.1, 0.15) is 17.0 Å². The average molecular weight is 653 g/mol. The number of ether oxygens (including phenoxy) is 3. The van der Waals surface area contributed by atoms with Crippen LogP contribution in [0.1, 0.15) is 80.7 Å². The number of carbonyl (C=O) groups is 1. The summed E-state index contributed by atoms with van der Waals surface area (Å²) in [4.78, 5) is 20.6. The molecular formula is C36H43Cl2N3O4. The predicted octanol–water partition coefficient (Wildman–Crippen LogP) is 8.16. The first kappa shape index (κ1) is 32.0. The molecule has 1 fully saturated rings. The molecule has 3 aromatic rings. The van der Waals surface area contributed by atoms with E-state index in [4.69, 9.17) is 37.4 Å². The van der Waals surface area contributed by atoms with Crippen LogP contribution in [0.15, 0.2) is 48.7 Å². The van der Waals surface area contributed by atoms with E-state index in [1.807, 2.05) is 36.5 Å². The van der Waals surface area contributed by atoms with E-state index in [0.29, 0.717) is 41.2 Å². The fourth-order valence-corrected chi connectivity index (χ4v) is 8.36. The summed E-state index contributed by atoms with van der Waals surface area (Å²) in [5.74, 6) is 2.11. The van der Waals surface area contributed by atoms with Crippen LogP contribution in [0.3, 0.4) is 0 Å². The van der Waals surface area contributed by atoms with Crippen molar-refractivity contribution in [2.24, 2.45) is 5.92 Å². The number of pyridine rings is 1. The number of aromatic nitrogens is 1. The summed E-state index contributed by atoms with van der Waals surface area (Å²) in [6.45, 7) is 6.75. The second-order valence-electron chi connectivity index (χ2n) is 13.1. The van der Waals surface area contributed by atoms with Crippen molar-refractivity contribution in [2.45, 2.75) is 82.3 Å². The van der Waals surface area contributed by atoms with Gasteiger partial charge in [-0.2, -0.15) is 0 Å². The minimum absolute atomic E-state index is 0.257. The van der Waals surface area contributed by atoms with Crippen LogP contribution in [-0.4, -0.2) is 48.8 Å². The van der Waals surface area contributed by atoms with Crippen LogP contribution in [-0.2, 0) is 28.0 Å². The van der Waals surface area contributed by atoms with E-state index in [2.05, 4.69) is 41.2 Å². The lowest BCUT2D eigenvalue weighted by atomic mass is 9.69. The summed E-state index contributed by atoms with van der Waals surface area (Å²) >= 11 is 12.9. The highest BCUT2D eigenvalue weighted by Crippen LogP contribution is 2.53. The van der Waals surface area contributed by atoms with Gasteiger partial charge in [0.25, 0.3) is 0 Å². The fraction of sp³-hybridized carbons (Fsp3) is 0.500. The quantitative estimate of drug-likeness (QED) is 0.234. The first-order valence-corrected chi connectivity index (χ1v) is 16.8. The number of aryl methyl sites for hydroxylation is 1. The van der Waals surface area contributed by atoms with Crippen LogP contribution >= 0.6 is 23.2 Å². The third-order valence-electron chi connectivity index (χ3n) is 10.2. The second-order valence-corrected chi connectivity index (χ2v) is 14.0. The van der Waals surface area contributed by atoms with E-state index in [1.165, 1.54) is 42.3 Å². The number of benzene rings is 2. The van der Waals surface area contributed by atoms with Crippen LogP contribution in [0, 0.1) is 5.92 Å². The molecule has 0 radical (unpaired) electrons. The van der Waals surface area contributed by atoms with Crippen LogP contribution < -0.4 is 14.8 Å². The minimum Gasteiger partial charge on any atom is -0.495 e. The van der Waals surface area contributed by atoms with Gasteiger partial charge >= 0.3 is 5.97 Å². The molecule has 0 saturated heterocycles. The monoisotopic (exact) mass is 651 g/mol. The fourth-order valence-electron chi connectivity index (χ4n) is 7.91. The highest BCUT2D eigenvalue weighted by Gasteiger charge is 2.54. The predicted molar refractivity (Wildman–Crippen MR) is 179 cm³/mol. The molecule has 6 rings (SSSR count). The van der Waals surface area contributed by atoms with E-state index in [9.17, 15) is 4.79 Å². The number of carbonyl (C=O) groups excluding carboxylic acids is 1. The average Bonchev–Trinajstić information content (AvgIpc) is 3.31. The Kier molecular flexibility index (Phi) is 9.24. The molecule has 0 unspecified atom stereocenters. The summed E-state index contributed by atoms with van der Waals surface area (Å²) in [5, 5.41) is 4.75. The maximum absolute atomic E-state index is 13.4. The number of hydrogen-bond donors (Lipinski definition) is 1. The summed E-state index contributed by atoms with van der Waals surface area (Å²) in [5.41, 5.74) is 4.57. The maximum atomic E-state index is 13.4. The molecule has 240 valence electrons. The van der Waals surface area contributed by atoms with Gasteiger partial charge < -0.3 is 19.5 Å². The zero-order valence-corrected chi connectivity index (χ0v) is 28.1. The summed E-state index contributed by atoms with van der Waals surface area (Å²) in [6.07, 6.45) is 7.97. The Hall–Kier alpha value is -3.00. The third-order valence-corrected chi connectivity index (χ3v) is 10.7. The first-order chi connectivity index (χ1) is 21.7. The van der Waals surface area contributed by atoms with E-state index in [1.54, 1.807) is 7.11 Å². The molecule has 1 spiro atoms. The topological polar surface area (TPSA) is 72.9 Å². The molecule has 1 aliphatic heterocycles. The molecule has 0 amide bonds. The highest BCUT2D eigenvalue weighted by atomic mass is 35.5. The molecule has 2 atom stereocenters. The van der Waals surface area contributed by atoms with Gasteiger partial charge in [0.15, 0.2) is 0 Å². The van der Waals surface area contributed by atoms with Crippen molar-refractivity contribution in [3.63, 3.8) is 0 Å². The van der Waals surface area contributed by atoms with Crippen LogP contribution in [0.2, 0.25) is 10.0 Å². The number of methoxy groups -OCH3 is 2. The van der Waals surface area contributed by atoms with Gasteiger partial charge in [-0.1, -0.05) is 43.1 Å². The second kappa shape index (κ2) is 13.0. The molecule has 2 aliphatic carbocycles. The van der Waals surface area contributed by atoms with Crippen molar-refractivity contribution >= 4 is 34.9 Å². The molecule has 2 heterocycles. The van der Waals surface area contributed by atoms with Gasteiger partial charge in [-0.25, -0.2) is 4.79 Å². The Morgan fingerprint density at radius 3 is 2.64 bits per heavy atom.